The second-order valence-corrected chi connectivity index (χ2v) is 11.4. The third kappa shape index (κ3) is 4.81. The van der Waals surface area contributed by atoms with Crippen molar-refractivity contribution in [2.75, 3.05) is 13.1 Å². The summed E-state index contributed by atoms with van der Waals surface area (Å²) in [6.07, 6.45) is -2.55. The SMILES string of the molecule is Cc1c(C2=CCN(S(=O)(=O)c3ccccc3C(F)(F)F)CC2)c2ccccc2n1Cc1ccc(Cl)cc1. The molecule has 4 nitrogen and oxygen atoms in total. The smallest absolute Gasteiger partial charge is 0.340 e. The Balaban J connectivity index is 1.49. The van der Waals surface area contributed by atoms with Crippen LogP contribution >= 0.6 is 11.6 Å². The van der Waals surface area contributed by atoms with Crippen molar-refractivity contribution >= 4 is 38.1 Å². The Hall–Kier alpha value is -3.07. The molecule has 0 saturated carbocycles. The van der Waals surface area contributed by atoms with Crippen LogP contribution in [0.15, 0.2) is 83.8 Å². The highest BCUT2D eigenvalue weighted by Crippen LogP contribution is 2.38. The molecule has 0 unspecified atom stereocenters. The zero-order chi connectivity index (χ0) is 26.4. The molecule has 1 aromatic heterocycles. The van der Waals surface area contributed by atoms with Gasteiger partial charge in [-0.15, -0.1) is 0 Å². The first-order chi connectivity index (χ1) is 17.6. The minimum absolute atomic E-state index is 0.0000106. The third-order valence-electron chi connectivity index (χ3n) is 6.79. The average molecular weight is 545 g/mol. The van der Waals surface area contributed by atoms with Gasteiger partial charge in [-0.05, 0) is 54.8 Å². The summed E-state index contributed by atoms with van der Waals surface area (Å²) in [6, 6.07) is 20.0. The summed E-state index contributed by atoms with van der Waals surface area (Å²) >= 11 is 6.04. The Morgan fingerprint density at radius 1 is 0.946 bits per heavy atom. The summed E-state index contributed by atoms with van der Waals surface area (Å²) in [5.74, 6) is 0. The van der Waals surface area contributed by atoms with Gasteiger partial charge >= 0.3 is 6.18 Å². The highest BCUT2D eigenvalue weighted by atomic mass is 35.5. The maximum Gasteiger partial charge on any atom is 0.417 e. The van der Waals surface area contributed by atoms with E-state index < -0.39 is 26.7 Å². The summed E-state index contributed by atoms with van der Waals surface area (Å²) in [4.78, 5) is -0.713. The number of alkyl halides is 3. The van der Waals surface area contributed by atoms with E-state index in [1.807, 2.05) is 55.5 Å². The number of hydrogen-bond donors (Lipinski definition) is 0. The number of rotatable bonds is 5. The summed E-state index contributed by atoms with van der Waals surface area (Å²) in [6.45, 7) is 2.77. The molecule has 3 aromatic carbocycles. The molecule has 192 valence electrons. The van der Waals surface area contributed by atoms with Crippen molar-refractivity contribution in [3.8, 4) is 0 Å². The highest BCUT2D eigenvalue weighted by molar-refractivity contribution is 7.89. The lowest BCUT2D eigenvalue weighted by atomic mass is 9.97. The molecule has 0 N–H and O–H groups in total. The fourth-order valence-electron chi connectivity index (χ4n) is 4.97. The first kappa shape index (κ1) is 25.6. The Morgan fingerprint density at radius 2 is 1.62 bits per heavy atom. The lowest BCUT2D eigenvalue weighted by molar-refractivity contribution is -0.139. The quantitative estimate of drug-likeness (QED) is 0.268. The van der Waals surface area contributed by atoms with Gasteiger partial charge in [0.25, 0.3) is 0 Å². The minimum atomic E-state index is -4.76. The molecule has 0 saturated heterocycles. The van der Waals surface area contributed by atoms with E-state index in [1.165, 1.54) is 12.1 Å². The average Bonchev–Trinajstić information content (AvgIpc) is 3.16. The van der Waals surface area contributed by atoms with E-state index in [0.29, 0.717) is 18.0 Å². The largest absolute Gasteiger partial charge is 0.417 e. The maximum absolute atomic E-state index is 13.5. The summed E-state index contributed by atoms with van der Waals surface area (Å²) in [5, 5.41) is 1.72. The zero-order valence-corrected chi connectivity index (χ0v) is 21.5. The van der Waals surface area contributed by atoms with Gasteiger partial charge in [-0.25, -0.2) is 8.42 Å². The van der Waals surface area contributed by atoms with E-state index in [4.69, 9.17) is 11.6 Å². The Labute approximate surface area is 218 Å². The van der Waals surface area contributed by atoms with Gasteiger partial charge < -0.3 is 4.57 Å². The van der Waals surface area contributed by atoms with Gasteiger partial charge in [-0.2, -0.15) is 17.5 Å². The molecule has 5 rings (SSSR count). The number of para-hydroxylation sites is 1. The normalized spacial score (nSPS) is 15.2. The van der Waals surface area contributed by atoms with Crippen molar-refractivity contribution < 1.29 is 21.6 Å². The number of aromatic nitrogens is 1. The Morgan fingerprint density at radius 3 is 2.30 bits per heavy atom. The molecule has 0 amide bonds. The van der Waals surface area contributed by atoms with Crippen molar-refractivity contribution in [1.82, 2.24) is 8.87 Å². The number of hydrogen-bond acceptors (Lipinski definition) is 2. The monoisotopic (exact) mass is 544 g/mol. The van der Waals surface area contributed by atoms with E-state index in [1.54, 1.807) is 0 Å². The van der Waals surface area contributed by atoms with Crippen LogP contribution in [0, 0.1) is 6.92 Å². The molecule has 0 fully saturated rings. The molecular formula is C28H24ClF3N2O2S. The van der Waals surface area contributed by atoms with Crippen LogP contribution in [-0.2, 0) is 22.7 Å². The molecule has 0 bridgehead atoms. The van der Waals surface area contributed by atoms with E-state index in [2.05, 4.69) is 10.6 Å². The Kier molecular flexibility index (Phi) is 6.68. The lowest BCUT2D eigenvalue weighted by Gasteiger charge is -2.27. The maximum atomic E-state index is 13.5. The standard InChI is InChI=1S/C28H24ClF3N2O2S/c1-19-27(23-6-2-4-8-25(23)34(19)18-20-10-12-22(29)13-11-20)21-14-16-33(17-15-21)37(35,36)26-9-5-3-7-24(26)28(30,31)32/h2-14H,15-18H2,1H3. The van der Waals surface area contributed by atoms with E-state index in [9.17, 15) is 21.6 Å². The second kappa shape index (κ2) is 9.67. The zero-order valence-electron chi connectivity index (χ0n) is 20.0. The number of fused-ring (bicyclic) bond motifs is 1. The fraction of sp³-hybridized carbons (Fsp3) is 0.214. The summed E-state index contributed by atoms with van der Waals surface area (Å²) < 4.78 is 70.2. The third-order valence-corrected chi connectivity index (χ3v) is 8.96. The van der Waals surface area contributed by atoms with Crippen molar-refractivity contribution in [1.29, 1.82) is 0 Å². The number of benzene rings is 3. The van der Waals surface area contributed by atoms with Crippen molar-refractivity contribution in [2.24, 2.45) is 0 Å². The summed E-state index contributed by atoms with van der Waals surface area (Å²) in [7, 11) is -4.32. The van der Waals surface area contributed by atoms with E-state index >= 15 is 0 Å². The molecule has 0 atom stereocenters. The van der Waals surface area contributed by atoms with Crippen molar-refractivity contribution in [2.45, 2.75) is 31.0 Å². The molecule has 0 spiro atoms. The van der Waals surface area contributed by atoms with Crippen LogP contribution in [0.25, 0.3) is 16.5 Å². The van der Waals surface area contributed by atoms with Crippen molar-refractivity contribution in [3.05, 3.63) is 106 Å². The van der Waals surface area contributed by atoms with E-state index in [-0.39, 0.29) is 13.1 Å². The van der Waals surface area contributed by atoms with Crippen LogP contribution in [-0.4, -0.2) is 30.4 Å². The molecule has 0 radical (unpaired) electrons. The van der Waals surface area contributed by atoms with Gasteiger partial charge in [-0.1, -0.05) is 60.1 Å². The summed E-state index contributed by atoms with van der Waals surface area (Å²) in [5.41, 5.74) is 4.07. The van der Waals surface area contributed by atoms with Gasteiger partial charge in [0.2, 0.25) is 10.0 Å². The first-order valence-electron chi connectivity index (χ1n) is 11.8. The van der Waals surface area contributed by atoms with Crippen LogP contribution in [0.3, 0.4) is 0 Å². The number of sulfonamides is 1. The van der Waals surface area contributed by atoms with Gasteiger partial charge in [0.1, 0.15) is 0 Å². The van der Waals surface area contributed by atoms with Gasteiger partial charge in [-0.3, -0.25) is 0 Å². The molecule has 9 heteroatoms. The second-order valence-electron chi connectivity index (χ2n) is 9.03. The number of nitrogens with zero attached hydrogens (tertiary/aromatic N) is 2. The molecule has 1 aliphatic rings. The van der Waals surface area contributed by atoms with Crippen LogP contribution < -0.4 is 0 Å². The molecule has 0 aliphatic carbocycles. The van der Waals surface area contributed by atoms with Gasteiger partial charge in [0, 0.05) is 46.8 Å². The minimum Gasteiger partial charge on any atom is -0.340 e. The van der Waals surface area contributed by atoms with Crippen LogP contribution in [0.4, 0.5) is 13.2 Å². The van der Waals surface area contributed by atoms with E-state index in [0.717, 1.165) is 49.7 Å². The molecule has 4 aromatic rings. The van der Waals surface area contributed by atoms with Crippen LogP contribution in [0.5, 0.6) is 0 Å². The molecular weight excluding hydrogens is 521 g/mol. The first-order valence-corrected chi connectivity index (χ1v) is 13.6. The van der Waals surface area contributed by atoms with Gasteiger partial charge in [0.05, 0.1) is 10.5 Å². The Bertz CT molecular complexity index is 1610. The number of halogens is 4. The molecule has 37 heavy (non-hydrogen) atoms. The fourth-order valence-corrected chi connectivity index (χ4v) is 6.69. The topological polar surface area (TPSA) is 42.3 Å². The predicted octanol–water partition coefficient (Wildman–Crippen LogP) is 7.15. The predicted molar refractivity (Wildman–Crippen MR) is 140 cm³/mol. The molecule has 1 aliphatic heterocycles. The van der Waals surface area contributed by atoms with Crippen LogP contribution in [0.2, 0.25) is 5.02 Å². The van der Waals surface area contributed by atoms with Gasteiger partial charge in [0.15, 0.2) is 0 Å². The highest BCUT2D eigenvalue weighted by Gasteiger charge is 2.39. The molecule has 2 heterocycles. The lowest BCUT2D eigenvalue weighted by Crippen LogP contribution is -2.35. The van der Waals surface area contributed by atoms with Crippen molar-refractivity contribution in [3.63, 3.8) is 0 Å². The van der Waals surface area contributed by atoms with Crippen LogP contribution in [0.1, 0.15) is 28.8 Å².